The lowest BCUT2D eigenvalue weighted by molar-refractivity contribution is -0.134. The van der Waals surface area contributed by atoms with Gasteiger partial charge in [0.15, 0.2) is 11.3 Å². The molecule has 2 aromatic rings. The van der Waals surface area contributed by atoms with Gasteiger partial charge in [-0.2, -0.15) is 0 Å². The van der Waals surface area contributed by atoms with Gasteiger partial charge in [0.05, 0.1) is 0 Å². The molecule has 0 radical (unpaired) electrons. The largest absolute Gasteiger partial charge is 0.453 e. The molecule has 1 atom stereocenters. The van der Waals surface area contributed by atoms with E-state index in [4.69, 9.17) is 9.15 Å². The van der Waals surface area contributed by atoms with Crippen LogP contribution in [0.4, 0.5) is 0 Å². The highest BCUT2D eigenvalue weighted by atomic mass is 16.5. The van der Waals surface area contributed by atoms with E-state index in [1.165, 1.54) is 25.8 Å². The Bertz CT molecular complexity index is 548. The maximum absolute atomic E-state index is 11.1. The van der Waals surface area contributed by atoms with Crippen molar-refractivity contribution in [3.8, 4) is 5.75 Å². The van der Waals surface area contributed by atoms with Crippen LogP contribution in [0.2, 0.25) is 0 Å². The second-order valence-corrected chi connectivity index (χ2v) is 5.62. The maximum atomic E-state index is 11.1. The van der Waals surface area contributed by atoms with Crippen LogP contribution in [0.1, 0.15) is 46.0 Å². The molecule has 2 bridgehead atoms. The molecule has 3 rings (SSSR count). The Morgan fingerprint density at radius 2 is 2.24 bits per heavy atom. The van der Waals surface area contributed by atoms with E-state index in [1.54, 1.807) is 12.1 Å². The third-order valence-electron chi connectivity index (χ3n) is 3.96. The van der Waals surface area contributed by atoms with Gasteiger partial charge in [-0.1, -0.05) is 13.8 Å². The van der Waals surface area contributed by atoms with E-state index in [9.17, 15) is 4.79 Å². The number of furan rings is 2. The van der Waals surface area contributed by atoms with E-state index in [0.29, 0.717) is 17.8 Å². The average Bonchev–Trinajstić information content (AvgIpc) is 3.16. The molecule has 1 aliphatic heterocycles. The smallest absolute Gasteiger partial charge is 0.311 e. The summed E-state index contributed by atoms with van der Waals surface area (Å²) in [7, 11) is 2.22. The van der Waals surface area contributed by atoms with Crippen molar-refractivity contribution in [3.05, 3.63) is 18.2 Å². The molecular formula is C17H25NO3. The first-order valence-corrected chi connectivity index (χ1v) is 7.86. The van der Waals surface area contributed by atoms with Crippen molar-refractivity contribution >= 4 is 17.1 Å². The Morgan fingerprint density at radius 1 is 1.43 bits per heavy atom. The van der Waals surface area contributed by atoms with Crippen LogP contribution in [0.5, 0.6) is 5.75 Å². The van der Waals surface area contributed by atoms with Crippen molar-refractivity contribution in [3.63, 3.8) is 0 Å². The van der Waals surface area contributed by atoms with Crippen molar-refractivity contribution in [1.29, 1.82) is 0 Å². The van der Waals surface area contributed by atoms with Crippen LogP contribution in [0.15, 0.2) is 22.6 Å². The number of benzene rings is 1. The molecule has 21 heavy (non-hydrogen) atoms. The van der Waals surface area contributed by atoms with Crippen LogP contribution in [0.3, 0.4) is 0 Å². The van der Waals surface area contributed by atoms with Gasteiger partial charge in [0, 0.05) is 18.5 Å². The molecule has 1 unspecified atom stereocenters. The van der Waals surface area contributed by atoms with Crippen molar-refractivity contribution < 1.29 is 13.9 Å². The highest BCUT2D eigenvalue weighted by Gasteiger charge is 2.17. The first kappa shape index (κ1) is 15.8. The predicted molar refractivity (Wildman–Crippen MR) is 83.9 cm³/mol. The predicted octanol–water partition coefficient (Wildman–Crippen LogP) is 4.07. The monoisotopic (exact) mass is 291 g/mol. The summed E-state index contributed by atoms with van der Waals surface area (Å²) in [4.78, 5) is 13.6. The van der Waals surface area contributed by atoms with Gasteiger partial charge in [-0.05, 0) is 51.4 Å². The number of likely N-dealkylation sites (tertiary alicyclic amines) is 1. The van der Waals surface area contributed by atoms with Crippen molar-refractivity contribution in [1.82, 2.24) is 4.90 Å². The second-order valence-electron chi connectivity index (χ2n) is 5.62. The molecule has 3 heterocycles. The Labute approximate surface area is 126 Å². The summed E-state index contributed by atoms with van der Waals surface area (Å²) in [6.07, 6.45) is 5.41. The lowest BCUT2D eigenvalue weighted by atomic mass is 10.2. The lowest BCUT2D eigenvalue weighted by Crippen LogP contribution is -2.23. The second kappa shape index (κ2) is 7.46. The molecular weight excluding hydrogens is 266 g/mol. The molecule has 0 N–H and O–H groups in total. The van der Waals surface area contributed by atoms with Crippen molar-refractivity contribution in [2.24, 2.45) is 0 Å². The zero-order valence-corrected chi connectivity index (χ0v) is 13.2. The minimum absolute atomic E-state index is 0.202. The molecule has 0 spiro atoms. The van der Waals surface area contributed by atoms with E-state index in [-0.39, 0.29) is 5.97 Å². The minimum Gasteiger partial charge on any atom is -0.453 e. The third kappa shape index (κ3) is 4.21. The zero-order valence-electron chi connectivity index (χ0n) is 13.2. The number of nitrogens with zero attached hydrogens (tertiary/aromatic N) is 1. The van der Waals surface area contributed by atoms with Gasteiger partial charge in [0.25, 0.3) is 0 Å². The molecule has 4 heteroatoms. The quantitative estimate of drug-likeness (QED) is 0.629. The van der Waals surface area contributed by atoms with E-state index in [1.807, 2.05) is 13.0 Å². The zero-order chi connectivity index (χ0) is 15.2. The number of hydrogen-bond donors (Lipinski definition) is 0. The molecule has 1 fully saturated rings. The van der Waals surface area contributed by atoms with E-state index in [0.717, 1.165) is 18.0 Å². The van der Waals surface area contributed by atoms with Gasteiger partial charge in [-0.15, -0.1) is 0 Å². The summed E-state index contributed by atoms with van der Waals surface area (Å²) in [5.74, 6) is 0.336. The summed E-state index contributed by atoms with van der Waals surface area (Å²) >= 11 is 0. The summed E-state index contributed by atoms with van der Waals surface area (Å²) in [5, 5.41) is 0. The molecule has 0 aliphatic carbocycles. The molecule has 4 nitrogen and oxygen atoms in total. The van der Waals surface area contributed by atoms with Gasteiger partial charge in [-0.3, -0.25) is 4.79 Å². The van der Waals surface area contributed by atoms with Crippen LogP contribution in [0.25, 0.3) is 11.2 Å². The number of carbonyl (C=O) groups excluding carboxylic acids is 1. The summed E-state index contributed by atoms with van der Waals surface area (Å²) in [6.45, 7) is 5.53. The van der Waals surface area contributed by atoms with Crippen LogP contribution in [0, 0.1) is 0 Å². The van der Waals surface area contributed by atoms with E-state index in [2.05, 4.69) is 18.9 Å². The lowest BCUT2D eigenvalue weighted by Gasteiger charge is -2.16. The molecule has 116 valence electrons. The van der Waals surface area contributed by atoms with Gasteiger partial charge in [0.1, 0.15) is 5.58 Å². The van der Waals surface area contributed by atoms with Crippen molar-refractivity contribution in [2.75, 3.05) is 13.6 Å². The fourth-order valence-corrected chi connectivity index (χ4v) is 2.72. The van der Waals surface area contributed by atoms with Crippen LogP contribution < -0.4 is 4.74 Å². The summed E-state index contributed by atoms with van der Waals surface area (Å²) in [5.41, 5.74) is 1.38. The number of fused-ring (bicyclic) bond motifs is 2. The number of hydrogen-bond acceptors (Lipinski definition) is 4. The van der Waals surface area contributed by atoms with Gasteiger partial charge in [0.2, 0.25) is 0 Å². The maximum Gasteiger partial charge on any atom is 0.311 e. The molecule has 0 saturated carbocycles. The average molecular weight is 291 g/mol. The molecule has 1 aliphatic rings. The number of ether oxygens (including phenoxy) is 1. The fourth-order valence-electron chi connectivity index (χ4n) is 2.72. The Balaban J connectivity index is 0.000000173. The molecule has 1 saturated heterocycles. The third-order valence-corrected chi connectivity index (χ3v) is 3.96. The van der Waals surface area contributed by atoms with Gasteiger partial charge >= 0.3 is 5.97 Å². The highest BCUT2D eigenvalue weighted by Crippen LogP contribution is 2.29. The fraction of sp³-hybridized carbons (Fsp3) is 0.588. The van der Waals surface area contributed by atoms with E-state index >= 15 is 0 Å². The van der Waals surface area contributed by atoms with E-state index < -0.39 is 0 Å². The van der Waals surface area contributed by atoms with Crippen LogP contribution in [-0.2, 0) is 4.79 Å². The Kier molecular flexibility index (Phi) is 5.62. The molecule has 2 aromatic heterocycles. The molecule has 0 amide bonds. The summed E-state index contributed by atoms with van der Waals surface area (Å²) < 4.78 is 10.3. The first-order valence-electron chi connectivity index (χ1n) is 7.86. The first-order chi connectivity index (χ1) is 10.1. The standard InChI is InChI=1S/C10H10O3.C7H15N/c1-2-3-10(11)13-9-6-7-4-5-8(9)12-7;1-3-7-5-4-6-8(7)2/h4-6H,2-3H2,1H3;7H,3-6H2,1-2H3. The number of esters is 1. The minimum atomic E-state index is -0.202. The molecule has 0 aromatic carbocycles. The summed E-state index contributed by atoms with van der Waals surface area (Å²) in [6, 6.07) is 6.26. The van der Waals surface area contributed by atoms with Gasteiger partial charge in [-0.25, -0.2) is 0 Å². The Morgan fingerprint density at radius 3 is 2.67 bits per heavy atom. The topological polar surface area (TPSA) is 42.7 Å². The highest BCUT2D eigenvalue weighted by molar-refractivity contribution is 5.78. The van der Waals surface area contributed by atoms with Crippen LogP contribution in [-0.4, -0.2) is 30.5 Å². The Hall–Kier alpha value is -1.55. The van der Waals surface area contributed by atoms with Crippen LogP contribution >= 0.6 is 0 Å². The normalized spacial score (nSPS) is 18.7. The number of rotatable bonds is 4. The SMILES string of the molecule is CCC1CCCN1C.CCCC(=O)Oc1cc2ccc1o2. The number of carbonyl (C=O) groups is 1. The van der Waals surface area contributed by atoms with Crippen molar-refractivity contribution in [2.45, 2.75) is 52.0 Å². The van der Waals surface area contributed by atoms with Gasteiger partial charge < -0.3 is 14.1 Å².